The van der Waals surface area contributed by atoms with Crippen molar-refractivity contribution in [3.8, 4) is 0 Å². The molecule has 2 aliphatic rings. The Morgan fingerprint density at radius 3 is 2.47 bits per heavy atom. The van der Waals surface area contributed by atoms with Crippen molar-refractivity contribution in [2.24, 2.45) is 11.7 Å². The quantitative estimate of drug-likeness (QED) is 0.649. The Balaban J connectivity index is 1.99. The zero-order valence-electron chi connectivity index (χ0n) is 12.4. The Bertz CT molecular complexity index is 313. The number of nitrogens with two attached hydrogens (primary N) is 1. The summed E-state index contributed by atoms with van der Waals surface area (Å²) in [6, 6.07) is 0.655. The van der Waals surface area contributed by atoms with Crippen LogP contribution in [0.3, 0.4) is 0 Å². The lowest BCUT2D eigenvalue weighted by molar-refractivity contribution is -0.151. The molecule has 110 valence electrons. The molecule has 0 spiro atoms. The Morgan fingerprint density at radius 2 is 2.00 bits per heavy atom. The molecule has 0 bridgehead atoms. The number of nitrogens with zero attached hydrogens (tertiary/aromatic N) is 1. The van der Waals surface area contributed by atoms with Crippen LogP contribution in [0.15, 0.2) is 0 Å². The maximum Gasteiger partial charge on any atom is 0.327 e. The summed E-state index contributed by atoms with van der Waals surface area (Å²) in [7, 11) is 0. The first-order chi connectivity index (χ1) is 9.11. The van der Waals surface area contributed by atoms with Crippen LogP contribution in [0.2, 0.25) is 0 Å². The smallest absolute Gasteiger partial charge is 0.327 e. The van der Waals surface area contributed by atoms with Crippen LogP contribution < -0.4 is 5.73 Å². The first-order valence-electron chi connectivity index (χ1n) is 7.82. The molecule has 1 atom stereocenters. The number of carbonyl (C=O) groups excluding carboxylic acids is 1. The average Bonchev–Trinajstić information content (AvgIpc) is 3.26. The van der Waals surface area contributed by atoms with Crippen molar-refractivity contribution in [3.05, 3.63) is 0 Å². The van der Waals surface area contributed by atoms with Crippen molar-refractivity contribution in [2.75, 3.05) is 19.7 Å². The van der Waals surface area contributed by atoms with Gasteiger partial charge in [-0.25, -0.2) is 4.79 Å². The summed E-state index contributed by atoms with van der Waals surface area (Å²) >= 11 is 0. The summed E-state index contributed by atoms with van der Waals surface area (Å²) in [6.45, 7) is 6.21. The molecule has 2 N–H and O–H groups in total. The highest BCUT2D eigenvalue weighted by molar-refractivity contribution is 5.82. The Hall–Kier alpha value is -0.610. The van der Waals surface area contributed by atoms with E-state index in [2.05, 4.69) is 11.8 Å². The molecule has 0 aromatic rings. The van der Waals surface area contributed by atoms with Gasteiger partial charge in [0.25, 0.3) is 0 Å². The summed E-state index contributed by atoms with van der Waals surface area (Å²) < 4.78 is 5.22. The third-order valence-electron chi connectivity index (χ3n) is 4.29. The molecule has 2 fully saturated rings. The van der Waals surface area contributed by atoms with Gasteiger partial charge in [-0.2, -0.15) is 0 Å². The highest BCUT2D eigenvalue weighted by Gasteiger charge is 2.51. The molecule has 0 heterocycles. The van der Waals surface area contributed by atoms with Crippen LogP contribution in [0.1, 0.15) is 52.4 Å². The Morgan fingerprint density at radius 1 is 1.32 bits per heavy atom. The third kappa shape index (κ3) is 3.69. The van der Waals surface area contributed by atoms with Gasteiger partial charge in [0.15, 0.2) is 0 Å². The van der Waals surface area contributed by atoms with Crippen LogP contribution in [0.25, 0.3) is 0 Å². The normalized spacial score (nSPS) is 22.3. The van der Waals surface area contributed by atoms with E-state index in [4.69, 9.17) is 10.5 Å². The van der Waals surface area contributed by atoms with Crippen molar-refractivity contribution >= 4 is 5.97 Å². The molecule has 4 heteroatoms. The van der Waals surface area contributed by atoms with Crippen LogP contribution in [0.5, 0.6) is 0 Å². The van der Waals surface area contributed by atoms with Gasteiger partial charge in [0, 0.05) is 12.6 Å². The van der Waals surface area contributed by atoms with E-state index >= 15 is 0 Å². The summed E-state index contributed by atoms with van der Waals surface area (Å²) in [5.74, 6) is 0.133. The Labute approximate surface area is 116 Å². The molecule has 0 saturated heterocycles. The van der Waals surface area contributed by atoms with E-state index in [0.717, 1.165) is 19.4 Å². The number of esters is 1. The first-order valence-corrected chi connectivity index (χ1v) is 7.82. The summed E-state index contributed by atoms with van der Waals surface area (Å²) in [5, 5.41) is 0. The minimum atomic E-state index is -0.771. The fourth-order valence-corrected chi connectivity index (χ4v) is 2.75. The number of unbranched alkanes of at least 4 members (excludes halogenated alkanes) is 1. The molecule has 2 rings (SSSR count). The van der Waals surface area contributed by atoms with Crippen LogP contribution in [-0.4, -0.2) is 42.1 Å². The summed E-state index contributed by atoms with van der Waals surface area (Å²) in [5.41, 5.74) is 5.68. The van der Waals surface area contributed by atoms with E-state index < -0.39 is 5.54 Å². The summed E-state index contributed by atoms with van der Waals surface area (Å²) in [6.07, 6.45) is 7.02. The predicted octanol–water partition coefficient (Wildman–Crippen LogP) is 1.92. The van der Waals surface area contributed by atoms with Gasteiger partial charge in [-0.05, 0) is 51.5 Å². The standard InChI is InChI=1S/C15H28N2O2/c1-3-5-10-17(13-8-9-13)11-15(16,12-6-7-12)14(18)19-4-2/h12-13H,3-11,16H2,1-2H3. The number of ether oxygens (including phenoxy) is 1. The van der Waals surface area contributed by atoms with Crippen molar-refractivity contribution in [1.29, 1.82) is 0 Å². The minimum Gasteiger partial charge on any atom is -0.465 e. The molecule has 2 aliphatic carbocycles. The van der Waals surface area contributed by atoms with Crippen molar-refractivity contribution in [2.45, 2.75) is 64.0 Å². The van der Waals surface area contributed by atoms with Crippen LogP contribution in [0.4, 0.5) is 0 Å². The lowest BCUT2D eigenvalue weighted by Crippen LogP contribution is -2.59. The molecule has 0 radical (unpaired) electrons. The van der Waals surface area contributed by atoms with E-state index in [1.54, 1.807) is 0 Å². The second-order valence-electron chi connectivity index (χ2n) is 6.09. The second kappa shape index (κ2) is 6.23. The van der Waals surface area contributed by atoms with Crippen molar-refractivity contribution in [3.63, 3.8) is 0 Å². The number of carbonyl (C=O) groups is 1. The van der Waals surface area contributed by atoms with Gasteiger partial charge in [0.2, 0.25) is 0 Å². The van der Waals surface area contributed by atoms with Gasteiger partial charge >= 0.3 is 5.97 Å². The number of rotatable bonds is 9. The lowest BCUT2D eigenvalue weighted by atomic mass is 9.93. The minimum absolute atomic E-state index is 0.195. The first kappa shape index (κ1) is 14.8. The third-order valence-corrected chi connectivity index (χ3v) is 4.29. The topological polar surface area (TPSA) is 55.6 Å². The van der Waals surface area contributed by atoms with E-state index in [0.29, 0.717) is 25.1 Å². The molecule has 19 heavy (non-hydrogen) atoms. The second-order valence-corrected chi connectivity index (χ2v) is 6.09. The molecule has 0 aromatic carbocycles. The summed E-state index contributed by atoms with van der Waals surface area (Å²) in [4.78, 5) is 14.7. The van der Waals surface area contributed by atoms with Gasteiger partial charge < -0.3 is 10.5 Å². The number of hydrogen-bond acceptors (Lipinski definition) is 4. The van der Waals surface area contributed by atoms with Gasteiger partial charge in [-0.3, -0.25) is 4.90 Å². The van der Waals surface area contributed by atoms with Crippen molar-refractivity contribution < 1.29 is 9.53 Å². The van der Waals surface area contributed by atoms with Gasteiger partial charge in [0.05, 0.1) is 6.61 Å². The molecular weight excluding hydrogens is 240 g/mol. The van der Waals surface area contributed by atoms with Gasteiger partial charge in [0.1, 0.15) is 5.54 Å². The maximum atomic E-state index is 12.2. The molecule has 2 saturated carbocycles. The van der Waals surface area contributed by atoms with Crippen LogP contribution in [-0.2, 0) is 9.53 Å². The van der Waals surface area contributed by atoms with E-state index in [1.807, 2.05) is 6.92 Å². The van der Waals surface area contributed by atoms with Crippen LogP contribution >= 0.6 is 0 Å². The average molecular weight is 268 g/mol. The fraction of sp³-hybridized carbons (Fsp3) is 0.933. The van der Waals surface area contributed by atoms with Crippen LogP contribution in [0, 0.1) is 5.92 Å². The Kier molecular flexibility index (Phi) is 4.85. The largest absolute Gasteiger partial charge is 0.465 e. The molecular formula is C15H28N2O2. The van der Waals surface area contributed by atoms with E-state index in [1.165, 1.54) is 25.7 Å². The van der Waals surface area contributed by atoms with E-state index in [-0.39, 0.29) is 5.97 Å². The highest BCUT2D eigenvalue weighted by atomic mass is 16.5. The molecule has 0 aromatic heterocycles. The van der Waals surface area contributed by atoms with Gasteiger partial charge in [-0.15, -0.1) is 0 Å². The molecule has 0 amide bonds. The molecule has 0 aliphatic heterocycles. The molecule has 1 unspecified atom stereocenters. The van der Waals surface area contributed by atoms with Crippen molar-refractivity contribution in [1.82, 2.24) is 4.90 Å². The number of hydrogen-bond donors (Lipinski definition) is 1. The maximum absolute atomic E-state index is 12.2. The predicted molar refractivity (Wildman–Crippen MR) is 75.8 cm³/mol. The van der Waals surface area contributed by atoms with Gasteiger partial charge in [-0.1, -0.05) is 13.3 Å². The lowest BCUT2D eigenvalue weighted by Gasteiger charge is -2.34. The fourth-order valence-electron chi connectivity index (χ4n) is 2.75. The van der Waals surface area contributed by atoms with E-state index in [9.17, 15) is 4.79 Å². The highest BCUT2D eigenvalue weighted by Crippen LogP contribution is 2.41. The SMILES string of the molecule is CCCCN(CC(N)(C(=O)OCC)C1CC1)C1CC1. The zero-order chi connectivity index (χ0) is 13.9. The zero-order valence-corrected chi connectivity index (χ0v) is 12.4. The monoisotopic (exact) mass is 268 g/mol. The molecule has 4 nitrogen and oxygen atoms in total.